The molecule has 0 aliphatic carbocycles. The van der Waals surface area contributed by atoms with Crippen molar-refractivity contribution in [3.8, 4) is 22.7 Å². The van der Waals surface area contributed by atoms with Crippen LogP contribution in [0, 0.1) is 10.1 Å². The number of thioether (sulfide) groups is 1. The molecule has 174 valence electrons. The summed E-state index contributed by atoms with van der Waals surface area (Å²) in [5.41, 5.74) is 2.34. The predicted molar refractivity (Wildman–Crippen MR) is 137 cm³/mol. The molecule has 1 fully saturated rings. The van der Waals surface area contributed by atoms with Gasteiger partial charge in [0.2, 0.25) is 0 Å². The van der Waals surface area contributed by atoms with Gasteiger partial charge >= 0.3 is 5.69 Å². The Morgan fingerprint density at radius 2 is 2.00 bits per heavy atom. The first-order valence-electron chi connectivity index (χ1n) is 10.6. The van der Waals surface area contributed by atoms with Gasteiger partial charge in [-0.3, -0.25) is 19.8 Å². The van der Waals surface area contributed by atoms with E-state index in [0.717, 1.165) is 12.1 Å². The maximum Gasteiger partial charge on any atom is 0.311 e. The van der Waals surface area contributed by atoms with E-state index in [1.165, 1.54) is 24.9 Å². The van der Waals surface area contributed by atoms with Crippen molar-refractivity contribution in [2.75, 3.05) is 7.11 Å². The van der Waals surface area contributed by atoms with Crippen LogP contribution in [0.1, 0.15) is 25.8 Å². The van der Waals surface area contributed by atoms with Gasteiger partial charge in [0.25, 0.3) is 5.91 Å². The maximum atomic E-state index is 13.1. The van der Waals surface area contributed by atoms with Crippen molar-refractivity contribution in [1.29, 1.82) is 0 Å². The zero-order valence-corrected chi connectivity index (χ0v) is 20.4. The van der Waals surface area contributed by atoms with Crippen LogP contribution in [0.2, 0.25) is 0 Å². The molecular formula is C24H22N4O4S2. The number of thiocarbonyl (C=S) groups is 1. The van der Waals surface area contributed by atoms with Crippen LogP contribution in [-0.2, 0) is 4.79 Å². The second kappa shape index (κ2) is 9.78. The largest absolute Gasteiger partial charge is 0.490 e. The molecule has 10 heteroatoms. The Hall–Kier alpha value is -3.50. The number of hydrogen-bond donors (Lipinski definition) is 0. The van der Waals surface area contributed by atoms with Gasteiger partial charge in [0.1, 0.15) is 10.0 Å². The minimum atomic E-state index is -0.493. The number of para-hydroxylation sites is 1. The van der Waals surface area contributed by atoms with Crippen molar-refractivity contribution in [1.82, 2.24) is 14.7 Å². The lowest BCUT2D eigenvalue weighted by Crippen LogP contribution is -2.36. The van der Waals surface area contributed by atoms with E-state index in [4.69, 9.17) is 22.1 Å². The van der Waals surface area contributed by atoms with Crippen molar-refractivity contribution >= 4 is 46.0 Å². The topological polar surface area (TPSA) is 90.5 Å². The number of ether oxygens (including phenoxy) is 1. The summed E-state index contributed by atoms with van der Waals surface area (Å²) in [5.74, 6) is 0.00990. The summed E-state index contributed by atoms with van der Waals surface area (Å²) in [6, 6.07) is 14.2. The molecule has 1 saturated heterocycles. The highest BCUT2D eigenvalue weighted by Gasteiger charge is 2.35. The van der Waals surface area contributed by atoms with Crippen LogP contribution in [0.25, 0.3) is 23.0 Å². The lowest BCUT2D eigenvalue weighted by molar-refractivity contribution is -0.385. The fourth-order valence-electron chi connectivity index (χ4n) is 3.59. The van der Waals surface area contributed by atoms with Crippen molar-refractivity contribution in [2.24, 2.45) is 0 Å². The Bertz CT molecular complexity index is 1300. The van der Waals surface area contributed by atoms with Gasteiger partial charge in [0.15, 0.2) is 5.75 Å². The van der Waals surface area contributed by atoms with E-state index in [9.17, 15) is 14.9 Å². The van der Waals surface area contributed by atoms with Crippen LogP contribution >= 0.6 is 24.0 Å². The summed E-state index contributed by atoms with van der Waals surface area (Å²) in [7, 11) is 1.39. The van der Waals surface area contributed by atoms with E-state index in [1.54, 1.807) is 34.0 Å². The van der Waals surface area contributed by atoms with Gasteiger partial charge in [0, 0.05) is 29.4 Å². The Morgan fingerprint density at radius 3 is 2.65 bits per heavy atom. The molecule has 8 nitrogen and oxygen atoms in total. The number of aromatic nitrogens is 2. The Kier molecular flexibility index (Phi) is 6.80. The minimum Gasteiger partial charge on any atom is -0.490 e. The Morgan fingerprint density at radius 1 is 1.26 bits per heavy atom. The standard InChI is InChI=1S/C24H22N4O4S2/c1-4-15(2)27-23(29)21(34-24(27)33)13-17-14-26(18-8-6-5-7-9-18)25-22(17)16-10-11-20(32-3)19(12-16)28(30)31/h5-15H,4H2,1-3H3/b21-13-/t15-/m1/s1. The molecular weight excluding hydrogens is 472 g/mol. The zero-order valence-electron chi connectivity index (χ0n) is 18.8. The number of carbonyl (C=O) groups is 1. The van der Waals surface area contributed by atoms with Crippen LogP contribution in [0.5, 0.6) is 5.75 Å². The molecule has 4 rings (SSSR count). The van der Waals surface area contributed by atoms with Gasteiger partial charge in [-0.05, 0) is 43.7 Å². The molecule has 1 aromatic heterocycles. The first-order valence-corrected chi connectivity index (χ1v) is 11.8. The third kappa shape index (κ3) is 4.46. The van der Waals surface area contributed by atoms with E-state index in [1.807, 2.05) is 44.2 Å². The van der Waals surface area contributed by atoms with Crippen LogP contribution in [0.3, 0.4) is 0 Å². The van der Waals surface area contributed by atoms with Gasteiger partial charge in [-0.15, -0.1) is 0 Å². The Balaban J connectivity index is 1.85. The molecule has 1 atom stereocenters. The minimum absolute atomic E-state index is 0.00542. The number of rotatable bonds is 7. The van der Waals surface area contributed by atoms with Gasteiger partial charge in [-0.1, -0.05) is 49.1 Å². The summed E-state index contributed by atoms with van der Waals surface area (Å²) in [6.07, 6.45) is 4.34. The SMILES string of the molecule is CC[C@@H](C)N1C(=O)/C(=C/c2cn(-c3ccccc3)nc2-c2ccc(OC)c([N+](=O)[O-])c2)SC1=S. The average Bonchev–Trinajstić information content (AvgIpc) is 3.39. The van der Waals surface area contributed by atoms with Crippen LogP contribution < -0.4 is 4.74 Å². The third-order valence-corrected chi connectivity index (χ3v) is 6.88. The number of hydrogen-bond acceptors (Lipinski definition) is 7. The molecule has 0 radical (unpaired) electrons. The number of benzene rings is 2. The first kappa shape index (κ1) is 23.7. The predicted octanol–water partition coefficient (Wildman–Crippen LogP) is 5.46. The summed E-state index contributed by atoms with van der Waals surface area (Å²) < 4.78 is 7.34. The number of carbonyl (C=O) groups excluding carboxylic acids is 1. The molecule has 0 N–H and O–H groups in total. The molecule has 0 unspecified atom stereocenters. The molecule has 1 aliphatic heterocycles. The number of nitro benzene ring substituents is 1. The van der Waals surface area contributed by atoms with E-state index in [2.05, 4.69) is 0 Å². The second-order valence-corrected chi connectivity index (χ2v) is 9.34. The first-order chi connectivity index (χ1) is 16.3. The highest BCUT2D eigenvalue weighted by molar-refractivity contribution is 8.26. The van der Waals surface area contributed by atoms with Gasteiger partial charge in [-0.25, -0.2) is 4.68 Å². The summed E-state index contributed by atoms with van der Waals surface area (Å²) in [4.78, 5) is 26.3. The third-order valence-electron chi connectivity index (χ3n) is 5.55. The summed E-state index contributed by atoms with van der Waals surface area (Å²) in [6.45, 7) is 3.97. The van der Waals surface area contributed by atoms with Crippen LogP contribution in [-0.4, -0.2) is 43.0 Å². The van der Waals surface area contributed by atoms with Gasteiger partial charge < -0.3 is 4.74 Å². The monoisotopic (exact) mass is 494 g/mol. The maximum absolute atomic E-state index is 13.1. The molecule has 0 spiro atoms. The lowest BCUT2D eigenvalue weighted by Gasteiger charge is -2.21. The van der Waals surface area contributed by atoms with Gasteiger partial charge in [0.05, 0.1) is 22.6 Å². The van der Waals surface area contributed by atoms with E-state index < -0.39 is 4.92 Å². The van der Waals surface area contributed by atoms with Crippen molar-refractivity contribution < 1.29 is 14.5 Å². The van der Waals surface area contributed by atoms with Crippen LogP contribution in [0.4, 0.5) is 5.69 Å². The molecule has 1 amide bonds. The molecule has 1 aliphatic rings. The van der Waals surface area contributed by atoms with Crippen molar-refractivity contribution in [3.05, 3.63) is 75.3 Å². The number of nitro groups is 1. The molecule has 34 heavy (non-hydrogen) atoms. The molecule has 2 aromatic carbocycles. The lowest BCUT2D eigenvalue weighted by atomic mass is 10.1. The highest BCUT2D eigenvalue weighted by atomic mass is 32.2. The van der Waals surface area contributed by atoms with Crippen molar-refractivity contribution in [3.63, 3.8) is 0 Å². The van der Waals surface area contributed by atoms with E-state index in [-0.39, 0.29) is 23.4 Å². The van der Waals surface area contributed by atoms with E-state index in [0.29, 0.717) is 26.0 Å². The molecule has 3 aromatic rings. The smallest absolute Gasteiger partial charge is 0.311 e. The average molecular weight is 495 g/mol. The molecule has 0 bridgehead atoms. The van der Waals surface area contributed by atoms with Crippen molar-refractivity contribution in [2.45, 2.75) is 26.3 Å². The summed E-state index contributed by atoms with van der Waals surface area (Å²) in [5, 5.41) is 16.3. The number of methoxy groups -OCH3 is 1. The number of nitrogens with zero attached hydrogens (tertiary/aromatic N) is 4. The zero-order chi connectivity index (χ0) is 24.4. The fourth-order valence-corrected chi connectivity index (χ4v) is 5.05. The molecule has 2 heterocycles. The second-order valence-electron chi connectivity index (χ2n) is 7.67. The van der Waals surface area contributed by atoms with E-state index >= 15 is 0 Å². The molecule has 0 saturated carbocycles. The summed E-state index contributed by atoms with van der Waals surface area (Å²) >= 11 is 6.70. The fraction of sp³-hybridized carbons (Fsp3) is 0.208. The number of amides is 1. The Labute approximate surface area is 206 Å². The highest BCUT2D eigenvalue weighted by Crippen LogP contribution is 2.38. The van der Waals surface area contributed by atoms with Gasteiger partial charge in [-0.2, -0.15) is 5.10 Å². The quantitative estimate of drug-likeness (QED) is 0.187. The normalized spacial score (nSPS) is 15.7. The van der Waals surface area contributed by atoms with Crippen LogP contribution in [0.15, 0.2) is 59.6 Å².